The van der Waals surface area contributed by atoms with Crippen LogP contribution in [-0.4, -0.2) is 31.9 Å². The number of benzene rings is 1. The maximum absolute atomic E-state index is 11.7. The maximum atomic E-state index is 11.7. The molecule has 0 spiro atoms. The van der Waals surface area contributed by atoms with Gasteiger partial charge < -0.3 is 5.11 Å². The van der Waals surface area contributed by atoms with E-state index in [1.54, 1.807) is 6.92 Å². The largest absolute Gasteiger partial charge is 0.392 e. The molecule has 17 heavy (non-hydrogen) atoms. The van der Waals surface area contributed by atoms with Gasteiger partial charge in [0, 0.05) is 6.54 Å². The Hall–Kier alpha value is -0.910. The summed E-state index contributed by atoms with van der Waals surface area (Å²) in [5.74, 6) is -0.0355. The summed E-state index contributed by atoms with van der Waals surface area (Å²) in [5, 5.41) is 9.04. The summed E-state index contributed by atoms with van der Waals surface area (Å²) >= 11 is 0. The second kappa shape index (κ2) is 6.14. The molecule has 0 saturated carbocycles. The lowest BCUT2D eigenvalue weighted by atomic mass is 10.0. The lowest BCUT2D eigenvalue weighted by Gasteiger charge is -2.13. The summed E-state index contributed by atoms with van der Waals surface area (Å²) in [6.45, 7) is 3.48. The fourth-order valence-electron chi connectivity index (χ4n) is 1.51. The normalized spacial score (nSPS) is 15.5. The molecule has 2 unspecified atom stereocenters. The van der Waals surface area contributed by atoms with Gasteiger partial charge in [-0.15, -0.1) is 0 Å². The number of hydrogen-bond donors (Lipinski definition) is 2. The third-order valence-corrected chi connectivity index (χ3v) is 3.98. The van der Waals surface area contributed by atoms with E-state index in [-0.39, 0.29) is 18.2 Å². The maximum Gasteiger partial charge on any atom is 0.212 e. The smallest absolute Gasteiger partial charge is 0.212 e. The van der Waals surface area contributed by atoms with Gasteiger partial charge in [0.1, 0.15) is 0 Å². The van der Waals surface area contributed by atoms with Crippen molar-refractivity contribution >= 4 is 10.0 Å². The molecule has 0 aliphatic heterocycles. The summed E-state index contributed by atoms with van der Waals surface area (Å²) < 4.78 is 25.8. The third-order valence-electron chi connectivity index (χ3n) is 2.44. The Labute approximate surface area is 103 Å². The molecule has 0 aliphatic rings. The summed E-state index contributed by atoms with van der Waals surface area (Å²) in [5.41, 5.74) is 0.995. The second-order valence-electron chi connectivity index (χ2n) is 4.29. The summed E-state index contributed by atoms with van der Waals surface area (Å²) in [7, 11) is -3.33. The molecular formula is C12H19NO3S. The SMILES string of the molecule is CC(O)CNS(=O)(=O)CC(C)c1ccccc1. The second-order valence-corrected chi connectivity index (χ2v) is 6.14. The number of aliphatic hydroxyl groups is 1. The molecule has 0 heterocycles. The number of rotatable bonds is 6. The highest BCUT2D eigenvalue weighted by molar-refractivity contribution is 7.89. The Morgan fingerprint density at radius 3 is 2.35 bits per heavy atom. The first-order chi connectivity index (χ1) is 7.91. The van der Waals surface area contributed by atoms with Crippen LogP contribution in [0.25, 0.3) is 0 Å². The molecule has 1 aromatic carbocycles. The molecule has 0 radical (unpaired) electrons. The van der Waals surface area contributed by atoms with Gasteiger partial charge in [-0.1, -0.05) is 37.3 Å². The van der Waals surface area contributed by atoms with Gasteiger partial charge in [0.2, 0.25) is 10.0 Å². The van der Waals surface area contributed by atoms with Crippen LogP contribution in [0.1, 0.15) is 25.3 Å². The summed E-state index contributed by atoms with van der Waals surface area (Å²) in [4.78, 5) is 0. The van der Waals surface area contributed by atoms with Gasteiger partial charge in [0.05, 0.1) is 11.9 Å². The van der Waals surface area contributed by atoms with E-state index in [9.17, 15) is 8.42 Å². The van der Waals surface area contributed by atoms with Crippen LogP contribution >= 0.6 is 0 Å². The Morgan fingerprint density at radius 2 is 1.82 bits per heavy atom. The van der Waals surface area contributed by atoms with E-state index in [0.717, 1.165) is 5.56 Å². The van der Waals surface area contributed by atoms with Crippen molar-refractivity contribution in [1.29, 1.82) is 0 Å². The molecule has 0 aliphatic carbocycles. The van der Waals surface area contributed by atoms with Crippen LogP contribution in [0.15, 0.2) is 30.3 Å². The minimum absolute atomic E-state index is 0.0315. The van der Waals surface area contributed by atoms with Crippen molar-refractivity contribution in [2.24, 2.45) is 0 Å². The van der Waals surface area contributed by atoms with Crippen molar-refractivity contribution in [3.8, 4) is 0 Å². The minimum Gasteiger partial charge on any atom is -0.392 e. The molecule has 5 heteroatoms. The van der Waals surface area contributed by atoms with Crippen LogP contribution in [0.3, 0.4) is 0 Å². The highest BCUT2D eigenvalue weighted by Crippen LogP contribution is 2.16. The lowest BCUT2D eigenvalue weighted by molar-refractivity contribution is 0.198. The Morgan fingerprint density at radius 1 is 1.24 bits per heavy atom. The first-order valence-corrected chi connectivity index (χ1v) is 7.26. The fourth-order valence-corrected chi connectivity index (χ4v) is 2.98. The number of aliphatic hydroxyl groups excluding tert-OH is 1. The highest BCUT2D eigenvalue weighted by Gasteiger charge is 2.17. The van der Waals surface area contributed by atoms with Crippen LogP contribution in [0.4, 0.5) is 0 Å². The van der Waals surface area contributed by atoms with Crippen molar-refractivity contribution in [2.45, 2.75) is 25.9 Å². The average Bonchev–Trinajstić information content (AvgIpc) is 2.27. The van der Waals surface area contributed by atoms with Gasteiger partial charge in [-0.3, -0.25) is 0 Å². The van der Waals surface area contributed by atoms with Crippen LogP contribution in [-0.2, 0) is 10.0 Å². The van der Waals surface area contributed by atoms with Gasteiger partial charge in [0.25, 0.3) is 0 Å². The topological polar surface area (TPSA) is 66.4 Å². The lowest BCUT2D eigenvalue weighted by Crippen LogP contribution is -2.33. The quantitative estimate of drug-likeness (QED) is 0.801. The zero-order valence-corrected chi connectivity index (χ0v) is 10.9. The van der Waals surface area contributed by atoms with Gasteiger partial charge >= 0.3 is 0 Å². The van der Waals surface area contributed by atoms with Crippen LogP contribution in [0.5, 0.6) is 0 Å². The van der Waals surface area contributed by atoms with E-state index in [2.05, 4.69) is 4.72 Å². The standard InChI is InChI=1S/C12H19NO3S/c1-10(12-6-4-3-5-7-12)9-17(15,16)13-8-11(2)14/h3-7,10-11,13-14H,8-9H2,1-2H3. The fraction of sp³-hybridized carbons (Fsp3) is 0.500. The van der Waals surface area contributed by atoms with Crippen molar-refractivity contribution < 1.29 is 13.5 Å². The molecule has 0 bridgehead atoms. The third kappa shape index (κ3) is 5.30. The predicted molar refractivity (Wildman–Crippen MR) is 68.3 cm³/mol. The van der Waals surface area contributed by atoms with Crippen molar-refractivity contribution in [2.75, 3.05) is 12.3 Å². The number of hydrogen-bond acceptors (Lipinski definition) is 3. The zero-order chi connectivity index (χ0) is 12.9. The molecule has 96 valence electrons. The zero-order valence-electron chi connectivity index (χ0n) is 10.1. The molecule has 0 fully saturated rings. The molecule has 1 rings (SSSR count). The molecular weight excluding hydrogens is 238 g/mol. The van der Waals surface area contributed by atoms with E-state index in [0.29, 0.717) is 0 Å². The molecule has 2 N–H and O–H groups in total. The molecule has 0 aromatic heterocycles. The van der Waals surface area contributed by atoms with Crippen molar-refractivity contribution in [3.63, 3.8) is 0 Å². The molecule has 0 amide bonds. The van der Waals surface area contributed by atoms with E-state index in [4.69, 9.17) is 5.11 Å². The van der Waals surface area contributed by atoms with Crippen LogP contribution < -0.4 is 4.72 Å². The van der Waals surface area contributed by atoms with Crippen LogP contribution in [0, 0.1) is 0 Å². The Kier molecular flexibility index (Phi) is 5.11. The van der Waals surface area contributed by atoms with Gasteiger partial charge in [-0.2, -0.15) is 0 Å². The first kappa shape index (κ1) is 14.2. The molecule has 2 atom stereocenters. The molecule has 0 saturated heterocycles. The van der Waals surface area contributed by atoms with E-state index in [1.165, 1.54) is 0 Å². The van der Waals surface area contributed by atoms with Gasteiger partial charge in [0.15, 0.2) is 0 Å². The van der Waals surface area contributed by atoms with Crippen molar-refractivity contribution in [1.82, 2.24) is 4.72 Å². The van der Waals surface area contributed by atoms with E-state index < -0.39 is 16.1 Å². The Bertz CT molecular complexity index is 428. The minimum atomic E-state index is -3.33. The van der Waals surface area contributed by atoms with Crippen molar-refractivity contribution in [3.05, 3.63) is 35.9 Å². The summed E-state index contributed by atoms with van der Waals surface area (Å²) in [6.07, 6.45) is -0.670. The summed E-state index contributed by atoms with van der Waals surface area (Å²) in [6, 6.07) is 9.50. The number of sulfonamides is 1. The van der Waals surface area contributed by atoms with Crippen LogP contribution in [0.2, 0.25) is 0 Å². The first-order valence-electron chi connectivity index (χ1n) is 5.61. The molecule has 4 nitrogen and oxygen atoms in total. The van der Waals surface area contributed by atoms with E-state index in [1.807, 2.05) is 37.3 Å². The predicted octanol–water partition coefficient (Wildman–Crippen LogP) is 1.09. The monoisotopic (exact) mass is 257 g/mol. The highest BCUT2D eigenvalue weighted by atomic mass is 32.2. The van der Waals surface area contributed by atoms with Gasteiger partial charge in [-0.05, 0) is 18.4 Å². The van der Waals surface area contributed by atoms with E-state index >= 15 is 0 Å². The van der Waals surface area contributed by atoms with Gasteiger partial charge in [-0.25, -0.2) is 13.1 Å². The molecule has 1 aromatic rings. The average molecular weight is 257 g/mol. The number of nitrogens with one attached hydrogen (secondary N) is 1. The Balaban J connectivity index is 2.59.